The van der Waals surface area contributed by atoms with E-state index in [1.165, 1.54) is 17.0 Å². The maximum atomic E-state index is 12.4. The van der Waals surface area contributed by atoms with Gasteiger partial charge in [-0.05, 0) is 50.8 Å². The van der Waals surface area contributed by atoms with Gasteiger partial charge in [0.1, 0.15) is 5.69 Å². The second-order valence-corrected chi connectivity index (χ2v) is 9.26. The predicted molar refractivity (Wildman–Crippen MR) is 99.7 cm³/mol. The molecule has 1 aromatic carbocycles. The lowest BCUT2D eigenvalue weighted by atomic mass is 10.1. The van der Waals surface area contributed by atoms with E-state index < -0.39 is 20.5 Å². The Labute approximate surface area is 151 Å². The van der Waals surface area contributed by atoms with Gasteiger partial charge in [-0.1, -0.05) is 6.07 Å². The van der Waals surface area contributed by atoms with E-state index in [2.05, 4.69) is 10.0 Å². The maximum Gasteiger partial charge on any atom is 0.293 e. The van der Waals surface area contributed by atoms with E-state index in [1.807, 2.05) is 17.5 Å². The van der Waals surface area contributed by atoms with Crippen LogP contribution in [0.25, 0.3) is 0 Å². The van der Waals surface area contributed by atoms with E-state index in [-0.39, 0.29) is 10.6 Å². The smallest absolute Gasteiger partial charge is 0.293 e. The summed E-state index contributed by atoms with van der Waals surface area (Å²) in [6, 6.07) is 7.83. The highest BCUT2D eigenvalue weighted by Gasteiger charge is 2.25. The standard InChI is InChI=1S/C16H21N3O4S2/c1-16(2,3)18-25(22,23)13-6-7-14(15(11-13)19(20)21)17-9-8-12-5-4-10-24-12/h4-7,10-11,17-18H,8-9H2,1-3H3. The zero-order valence-corrected chi connectivity index (χ0v) is 15.9. The van der Waals surface area contributed by atoms with Crippen LogP contribution in [0.5, 0.6) is 0 Å². The summed E-state index contributed by atoms with van der Waals surface area (Å²) in [4.78, 5) is 11.8. The summed E-state index contributed by atoms with van der Waals surface area (Å²) in [5, 5.41) is 16.3. The van der Waals surface area contributed by atoms with Gasteiger partial charge in [-0.15, -0.1) is 11.3 Å². The highest BCUT2D eigenvalue weighted by molar-refractivity contribution is 7.89. The van der Waals surface area contributed by atoms with Gasteiger partial charge in [-0.2, -0.15) is 0 Å². The third-order valence-corrected chi connectivity index (χ3v) is 5.88. The number of nitro groups is 1. The minimum absolute atomic E-state index is 0.127. The first-order chi connectivity index (χ1) is 11.6. The lowest BCUT2D eigenvalue weighted by molar-refractivity contribution is -0.384. The molecule has 25 heavy (non-hydrogen) atoms. The average molecular weight is 383 g/mol. The lowest BCUT2D eigenvalue weighted by Gasteiger charge is -2.20. The monoisotopic (exact) mass is 383 g/mol. The molecule has 0 atom stereocenters. The van der Waals surface area contributed by atoms with Crippen LogP contribution in [0.4, 0.5) is 11.4 Å². The molecule has 0 aliphatic rings. The zero-order valence-electron chi connectivity index (χ0n) is 14.3. The number of benzene rings is 1. The summed E-state index contributed by atoms with van der Waals surface area (Å²) in [5.41, 5.74) is -0.634. The van der Waals surface area contributed by atoms with Gasteiger partial charge < -0.3 is 5.32 Å². The van der Waals surface area contributed by atoms with Gasteiger partial charge in [0.05, 0.1) is 9.82 Å². The van der Waals surface area contributed by atoms with Crippen LogP contribution >= 0.6 is 11.3 Å². The van der Waals surface area contributed by atoms with Gasteiger partial charge in [0, 0.05) is 23.0 Å². The fraction of sp³-hybridized carbons (Fsp3) is 0.375. The number of thiophene rings is 1. The van der Waals surface area contributed by atoms with E-state index in [0.29, 0.717) is 12.2 Å². The molecule has 0 spiro atoms. The fourth-order valence-electron chi connectivity index (χ4n) is 2.22. The quantitative estimate of drug-likeness (QED) is 0.564. The first kappa shape index (κ1) is 19.4. The molecule has 0 saturated carbocycles. The van der Waals surface area contributed by atoms with Crippen molar-refractivity contribution in [1.29, 1.82) is 0 Å². The van der Waals surface area contributed by atoms with Crippen LogP contribution in [0, 0.1) is 10.1 Å². The average Bonchev–Trinajstić information content (AvgIpc) is 2.98. The topological polar surface area (TPSA) is 101 Å². The number of sulfonamides is 1. The van der Waals surface area contributed by atoms with Crippen molar-refractivity contribution < 1.29 is 13.3 Å². The van der Waals surface area contributed by atoms with Crippen molar-refractivity contribution in [2.24, 2.45) is 0 Å². The SMILES string of the molecule is CC(C)(C)NS(=O)(=O)c1ccc(NCCc2cccs2)c([N+](=O)[O-])c1. The number of nitrogens with zero attached hydrogens (tertiary/aromatic N) is 1. The molecule has 136 valence electrons. The van der Waals surface area contributed by atoms with Crippen molar-refractivity contribution >= 4 is 32.7 Å². The minimum atomic E-state index is -3.83. The molecule has 0 amide bonds. The van der Waals surface area contributed by atoms with Gasteiger partial charge in [0.25, 0.3) is 5.69 Å². The van der Waals surface area contributed by atoms with Crippen molar-refractivity contribution in [1.82, 2.24) is 4.72 Å². The first-order valence-electron chi connectivity index (χ1n) is 7.67. The highest BCUT2D eigenvalue weighted by Crippen LogP contribution is 2.28. The second kappa shape index (κ2) is 7.51. The van der Waals surface area contributed by atoms with Gasteiger partial charge in [-0.3, -0.25) is 10.1 Å². The van der Waals surface area contributed by atoms with Crippen molar-refractivity contribution in [3.05, 3.63) is 50.7 Å². The molecule has 7 nitrogen and oxygen atoms in total. The molecule has 0 unspecified atom stereocenters. The number of hydrogen-bond acceptors (Lipinski definition) is 6. The van der Waals surface area contributed by atoms with Gasteiger partial charge in [-0.25, -0.2) is 13.1 Å². The molecule has 0 aliphatic heterocycles. The summed E-state index contributed by atoms with van der Waals surface area (Å²) < 4.78 is 27.2. The first-order valence-corrected chi connectivity index (χ1v) is 10.0. The van der Waals surface area contributed by atoms with E-state index >= 15 is 0 Å². The number of anilines is 1. The largest absolute Gasteiger partial charge is 0.379 e. The van der Waals surface area contributed by atoms with Crippen LogP contribution in [0.1, 0.15) is 25.6 Å². The van der Waals surface area contributed by atoms with E-state index in [1.54, 1.807) is 32.1 Å². The second-order valence-electron chi connectivity index (χ2n) is 6.55. The predicted octanol–water partition coefficient (Wildman–Crippen LogP) is 3.39. The Morgan fingerprint density at radius 1 is 1.24 bits per heavy atom. The van der Waals surface area contributed by atoms with Crippen LogP contribution in [0.2, 0.25) is 0 Å². The Morgan fingerprint density at radius 3 is 2.52 bits per heavy atom. The Balaban J connectivity index is 2.21. The van der Waals surface area contributed by atoms with E-state index in [0.717, 1.165) is 12.5 Å². The number of nitrogens with one attached hydrogen (secondary N) is 2. The normalized spacial score (nSPS) is 12.1. The van der Waals surface area contributed by atoms with Gasteiger partial charge >= 0.3 is 0 Å². The van der Waals surface area contributed by atoms with E-state index in [4.69, 9.17) is 0 Å². The summed E-state index contributed by atoms with van der Waals surface area (Å²) >= 11 is 1.62. The maximum absolute atomic E-state index is 12.4. The van der Waals surface area contributed by atoms with Crippen molar-refractivity contribution in [3.8, 4) is 0 Å². The zero-order chi connectivity index (χ0) is 18.7. The van der Waals surface area contributed by atoms with Crippen molar-refractivity contribution in [2.45, 2.75) is 37.6 Å². The van der Waals surface area contributed by atoms with Crippen LogP contribution in [-0.4, -0.2) is 25.4 Å². The molecule has 2 rings (SSSR count). The Kier molecular flexibility index (Phi) is 5.81. The Hall–Kier alpha value is -1.97. The molecule has 2 N–H and O–H groups in total. The van der Waals surface area contributed by atoms with E-state index in [9.17, 15) is 18.5 Å². The fourth-order valence-corrected chi connectivity index (χ4v) is 4.36. The number of nitro benzene ring substituents is 1. The third-order valence-electron chi connectivity index (χ3n) is 3.18. The van der Waals surface area contributed by atoms with Crippen LogP contribution in [0.15, 0.2) is 40.6 Å². The molecular formula is C16H21N3O4S2. The lowest BCUT2D eigenvalue weighted by Crippen LogP contribution is -2.40. The summed E-state index contributed by atoms with van der Waals surface area (Å²) in [6.07, 6.45) is 0.737. The molecule has 2 aromatic rings. The number of hydrogen-bond donors (Lipinski definition) is 2. The minimum Gasteiger partial charge on any atom is -0.379 e. The highest BCUT2D eigenvalue weighted by atomic mass is 32.2. The summed E-state index contributed by atoms with van der Waals surface area (Å²) in [5.74, 6) is 0. The molecule has 0 aliphatic carbocycles. The molecule has 1 heterocycles. The summed E-state index contributed by atoms with van der Waals surface area (Å²) in [6.45, 7) is 5.64. The van der Waals surface area contributed by atoms with Gasteiger partial charge in [0.2, 0.25) is 10.0 Å². The molecule has 1 aromatic heterocycles. The van der Waals surface area contributed by atoms with Crippen molar-refractivity contribution in [2.75, 3.05) is 11.9 Å². The Bertz CT molecular complexity index is 841. The molecule has 0 bridgehead atoms. The molecule has 9 heteroatoms. The molecular weight excluding hydrogens is 362 g/mol. The van der Waals surface area contributed by atoms with Crippen LogP contribution < -0.4 is 10.0 Å². The van der Waals surface area contributed by atoms with Crippen LogP contribution in [0.3, 0.4) is 0 Å². The van der Waals surface area contributed by atoms with Crippen LogP contribution in [-0.2, 0) is 16.4 Å². The molecule has 0 saturated heterocycles. The molecule has 0 fully saturated rings. The number of rotatable bonds is 7. The van der Waals surface area contributed by atoms with Gasteiger partial charge in [0.15, 0.2) is 0 Å². The third kappa shape index (κ3) is 5.52. The molecule has 0 radical (unpaired) electrons. The van der Waals surface area contributed by atoms with Crippen molar-refractivity contribution in [3.63, 3.8) is 0 Å². The summed E-state index contributed by atoms with van der Waals surface area (Å²) in [7, 11) is -3.83. The Morgan fingerprint density at radius 2 is 1.96 bits per heavy atom.